The van der Waals surface area contributed by atoms with Crippen molar-refractivity contribution in [3.8, 4) is 0 Å². The second-order valence-corrected chi connectivity index (χ2v) is 8.05. The van der Waals surface area contributed by atoms with E-state index in [0.29, 0.717) is 17.7 Å². The molecule has 0 amide bonds. The molecular weight excluding hydrogens is 721 g/mol. The summed E-state index contributed by atoms with van der Waals surface area (Å²) < 4.78 is 16.3. The predicted molar refractivity (Wildman–Crippen MR) is 138 cm³/mol. The summed E-state index contributed by atoms with van der Waals surface area (Å²) in [6.45, 7) is 0.555. The van der Waals surface area contributed by atoms with Crippen LogP contribution in [0, 0.1) is 7.14 Å². The molecule has 2 rings (SSSR count). The standard InChI is InChI=1S/C10H11IO3.C9H8BrIO2.CH4O.CH3O.Na/c1-13-6-8-4-3-7(5-9(8)11)10(12)14-2;1-13-9(12)6-2-3-7(5-10)8(11)4-6;2*1-2;/h3-5H,6H2,1-2H3;2-4H,5H2,1H3;2H,1H3;1H3;/q;;;-1;+1. The molecule has 0 aliphatic heterocycles. The zero-order valence-electron chi connectivity index (χ0n) is 18.9. The Labute approximate surface area is 247 Å². The average molecular weight is 747 g/mol. The Kier molecular flexibility index (Phi) is 26.4. The van der Waals surface area contributed by atoms with E-state index in [2.05, 4.69) is 70.6 Å². The average Bonchev–Trinajstić information content (AvgIpc) is 2.82. The van der Waals surface area contributed by atoms with Crippen molar-refractivity contribution in [2.24, 2.45) is 0 Å². The Bertz CT molecular complexity index is 808. The maximum atomic E-state index is 11.2. The first-order valence-corrected chi connectivity index (χ1v) is 11.8. The van der Waals surface area contributed by atoms with Crippen LogP contribution in [-0.2, 0) is 26.1 Å². The minimum Gasteiger partial charge on any atom is -0.857 e. The number of rotatable bonds is 5. The zero-order valence-corrected chi connectivity index (χ0v) is 26.8. The van der Waals surface area contributed by atoms with Crippen LogP contribution in [0.3, 0.4) is 0 Å². The van der Waals surface area contributed by atoms with E-state index < -0.39 is 0 Å². The molecule has 32 heavy (non-hydrogen) atoms. The molecule has 1 N–H and O–H groups in total. The van der Waals surface area contributed by atoms with E-state index in [4.69, 9.17) is 14.9 Å². The molecule has 0 atom stereocenters. The van der Waals surface area contributed by atoms with Gasteiger partial charge in [-0.25, -0.2) is 9.59 Å². The van der Waals surface area contributed by atoms with E-state index in [0.717, 1.165) is 32.3 Å². The van der Waals surface area contributed by atoms with Gasteiger partial charge in [0.25, 0.3) is 0 Å². The van der Waals surface area contributed by atoms with Crippen LogP contribution in [0.1, 0.15) is 31.8 Å². The molecule has 11 heteroatoms. The largest absolute Gasteiger partial charge is 1.00 e. The number of ether oxygens (including phenoxy) is 3. The summed E-state index contributed by atoms with van der Waals surface area (Å²) in [5.41, 5.74) is 3.40. The molecular formula is C21H26BrI2NaO7. The van der Waals surface area contributed by atoms with Crippen molar-refractivity contribution in [2.75, 3.05) is 35.5 Å². The van der Waals surface area contributed by atoms with Gasteiger partial charge < -0.3 is 24.4 Å². The molecule has 0 spiro atoms. The van der Waals surface area contributed by atoms with Gasteiger partial charge in [-0.3, -0.25) is 0 Å². The minimum absolute atomic E-state index is 0. The van der Waals surface area contributed by atoms with Crippen molar-refractivity contribution >= 4 is 73.1 Å². The number of halogens is 3. The van der Waals surface area contributed by atoms with E-state index in [1.807, 2.05) is 18.2 Å². The Morgan fingerprint density at radius 2 is 1.25 bits per heavy atom. The number of aliphatic hydroxyl groups is 1. The van der Waals surface area contributed by atoms with Gasteiger partial charge in [-0.1, -0.05) is 28.1 Å². The van der Waals surface area contributed by atoms with Crippen LogP contribution in [0.2, 0.25) is 0 Å². The van der Waals surface area contributed by atoms with Gasteiger partial charge in [0.05, 0.1) is 32.0 Å². The molecule has 7 nitrogen and oxygen atoms in total. The van der Waals surface area contributed by atoms with Gasteiger partial charge in [0.1, 0.15) is 0 Å². The van der Waals surface area contributed by atoms with Gasteiger partial charge in [-0.05, 0) is 80.6 Å². The zero-order chi connectivity index (χ0) is 24.4. The normalized spacial score (nSPS) is 8.69. The summed E-state index contributed by atoms with van der Waals surface area (Å²) in [4.78, 5) is 22.3. The third kappa shape index (κ3) is 13.8. The number of methoxy groups -OCH3 is 3. The smallest absolute Gasteiger partial charge is 0.857 e. The van der Waals surface area contributed by atoms with Gasteiger partial charge in [0, 0.05) is 26.7 Å². The van der Waals surface area contributed by atoms with Crippen LogP contribution in [0.4, 0.5) is 0 Å². The number of aliphatic hydroxyl groups excluding tert-OH is 1. The van der Waals surface area contributed by atoms with Crippen LogP contribution in [0.15, 0.2) is 36.4 Å². The molecule has 0 aliphatic carbocycles. The summed E-state index contributed by atoms with van der Waals surface area (Å²) >= 11 is 7.74. The molecule has 2 aromatic carbocycles. The quantitative estimate of drug-likeness (QED) is 0.209. The summed E-state index contributed by atoms with van der Waals surface area (Å²) in [6.07, 6.45) is 0. The molecule has 0 saturated heterocycles. The topological polar surface area (TPSA) is 105 Å². The summed E-state index contributed by atoms with van der Waals surface area (Å²) in [5.74, 6) is -0.606. The second kappa shape index (κ2) is 23.0. The molecule has 0 saturated carbocycles. The van der Waals surface area contributed by atoms with Crippen molar-refractivity contribution in [2.45, 2.75) is 11.9 Å². The summed E-state index contributed by atoms with van der Waals surface area (Å²) in [7, 11) is 6.15. The van der Waals surface area contributed by atoms with E-state index >= 15 is 0 Å². The monoisotopic (exact) mass is 746 g/mol. The van der Waals surface area contributed by atoms with Gasteiger partial charge in [-0.2, -0.15) is 7.11 Å². The van der Waals surface area contributed by atoms with Crippen LogP contribution >= 0.6 is 61.1 Å². The maximum Gasteiger partial charge on any atom is 1.00 e. The van der Waals surface area contributed by atoms with Gasteiger partial charge in [-0.15, -0.1) is 0 Å². The Morgan fingerprint density at radius 1 is 0.875 bits per heavy atom. The summed E-state index contributed by atoms with van der Waals surface area (Å²) in [5, 5.41) is 16.0. The molecule has 0 fully saturated rings. The van der Waals surface area contributed by atoms with Crippen molar-refractivity contribution in [3.05, 3.63) is 65.8 Å². The number of esters is 2. The van der Waals surface area contributed by atoms with Crippen LogP contribution in [-0.4, -0.2) is 52.6 Å². The van der Waals surface area contributed by atoms with Crippen LogP contribution in [0.5, 0.6) is 0 Å². The van der Waals surface area contributed by atoms with Gasteiger partial charge in [0.2, 0.25) is 0 Å². The van der Waals surface area contributed by atoms with Crippen molar-refractivity contribution in [3.63, 3.8) is 0 Å². The maximum absolute atomic E-state index is 11.2. The SMILES string of the molecule is CO.COC(=O)c1ccc(CBr)c(I)c1.COCc1ccc(C(=O)OC)cc1I.C[O-].[Na+]. The number of hydrogen-bond acceptors (Lipinski definition) is 7. The fourth-order valence-corrected chi connectivity index (χ4v) is 4.36. The van der Waals surface area contributed by atoms with Crippen molar-refractivity contribution < 1.29 is 63.6 Å². The number of hydrogen-bond donors (Lipinski definition) is 1. The molecule has 0 bridgehead atoms. The molecule has 0 aliphatic rings. The minimum atomic E-state index is -0.313. The number of carbonyl (C=O) groups is 2. The second-order valence-electron chi connectivity index (χ2n) is 5.16. The van der Waals surface area contributed by atoms with Crippen LogP contribution < -0.4 is 34.7 Å². The number of alkyl halides is 1. The van der Waals surface area contributed by atoms with E-state index in [9.17, 15) is 9.59 Å². The predicted octanol–water partition coefficient (Wildman–Crippen LogP) is 0.786. The third-order valence-corrected chi connectivity index (χ3v) is 6.00. The molecule has 0 unspecified atom stereocenters. The van der Waals surface area contributed by atoms with Crippen molar-refractivity contribution in [1.82, 2.24) is 0 Å². The van der Waals surface area contributed by atoms with Crippen molar-refractivity contribution in [1.29, 1.82) is 0 Å². The van der Waals surface area contributed by atoms with E-state index in [1.165, 1.54) is 19.8 Å². The third-order valence-electron chi connectivity index (χ3n) is 3.39. The van der Waals surface area contributed by atoms with Gasteiger partial charge in [0.15, 0.2) is 0 Å². The fraction of sp³-hybridized carbons (Fsp3) is 0.333. The first kappa shape index (κ1) is 36.8. The Hall–Kier alpha value is 0.200. The van der Waals surface area contributed by atoms with Crippen LogP contribution in [0.25, 0.3) is 0 Å². The number of benzene rings is 2. The molecule has 174 valence electrons. The first-order valence-electron chi connectivity index (χ1n) is 8.51. The Morgan fingerprint density at radius 3 is 1.53 bits per heavy atom. The van der Waals surface area contributed by atoms with E-state index in [-0.39, 0.29) is 41.5 Å². The molecule has 0 radical (unpaired) electrons. The summed E-state index contributed by atoms with van der Waals surface area (Å²) in [6, 6.07) is 10.9. The first-order chi connectivity index (χ1) is 14.9. The Balaban J connectivity index is -0.000000443. The van der Waals surface area contributed by atoms with E-state index in [1.54, 1.807) is 25.3 Å². The molecule has 0 aromatic heterocycles. The molecule has 0 heterocycles. The van der Waals surface area contributed by atoms with Gasteiger partial charge >= 0.3 is 41.5 Å². The molecule has 2 aromatic rings. The number of carbonyl (C=O) groups excluding carboxylic acids is 2. The fourth-order valence-electron chi connectivity index (χ4n) is 1.97.